The topological polar surface area (TPSA) is 35.2 Å². The van der Waals surface area contributed by atoms with Crippen LogP contribution >= 0.6 is 11.8 Å². The molecule has 0 amide bonds. The largest absolute Gasteiger partial charge is 0.374 e. The van der Waals surface area contributed by atoms with Crippen molar-refractivity contribution in [1.82, 2.24) is 0 Å². The van der Waals surface area contributed by atoms with E-state index in [-0.39, 0.29) is 5.60 Å². The molecule has 2 aliphatic heterocycles. The van der Waals surface area contributed by atoms with Crippen molar-refractivity contribution in [3.8, 4) is 0 Å². The zero-order chi connectivity index (χ0) is 13.7. The van der Waals surface area contributed by atoms with Gasteiger partial charge in [0.05, 0.1) is 5.60 Å². The van der Waals surface area contributed by atoms with Gasteiger partial charge in [-0.25, -0.2) is 0 Å². The Balaban J connectivity index is 1.94. The monoisotopic (exact) mass is 285 g/mol. The van der Waals surface area contributed by atoms with Crippen LogP contribution in [0.5, 0.6) is 0 Å². The first-order valence-electron chi connectivity index (χ1n) is 8.18. The van der Waals surface area contributed by atoms with E-state index in [4.69, 9.17) is 10.5 Å². The lowest BCUT2D eigenvalue weighted by atomic mass is 9.75. The summed E-state index contributed by atoms with van der Waals surface area (Å²) in [5.74, 6) is 3.89. The molecule has 2 saturated heterocycles. The van der Waals surface area contributed by atoms with Crippen LogP contribution in [-0.4, -0.2) is 29.8 Å². The zero-order valence-corrected chi connectivity index (χ0v) is 13.5. The van der Waals surface area contributed by atoms with Gasteiger partial charge in [0.15, 0.2) is 0 Å². The van der Waals surface area contributed by atoms with Gasteiger partial charge in [0.2, 0.25) is 0 Å². The summed E-state index contributed by atoms with van der Waals surface area (Å²) in [5.41, 5.74) is 6.84. The van der Waals surface area contributed by atoms with E-state index in [1.165, 1.54) is 56.5 Å². The Labute approximate surface area is 123 Å². The first-order chi connectivity index (χ1) is 9.21. The highest BCUT2D eigenvalue weighted by Gasteiger charge is 2.42. The lowest BCUT2D eigenvalue weighted by Gasteiger charge is -2.42. The maximum atomic E-state index is 6.65. The smallest absolute Gasteiger partial charge is 0.0783 e. The third kappa shape index (κ3) is 3.89. The van der Waals surface area contributed by atoms with Crippen LogP contribution in [0, 0.1) is 11.8 Å². The van der Waals surface area contributed by atoms with Crippen molar-refractivity contribution in [3.05, 3.63) is 0 Å². The number of nitrogens with two attached hydrogens (primary N) is 1. The van der Waals surface area contributed by atoms with Gasteiger partial charge in [-0.3, -0.25) is 0 Å². The number of thioether (sulfide) groups is 1. The molecule has 0 aromatic rings. The lowest BCUT2D eigenvalue weighted by molar-refractivity contribution is -0.0863. The Kier molecular flexibility index (Phi) is 6.04. The highest BCUT2D eigenvalue weighted by molar-refractivity contribution is 7.99. The molecule has 2 N–H and O–H groups in total. The molecule has 0 bridgehead atoms. The van der Waals surface area contributed by atoms with Crippen LogP contribution in [0.1, 0.15) is 58.8 Å². The molecule has 2 heterocycles. The molecule has 3 unspecified atom stereocenters. The van der Waals surface area contributed by atoms with E-state index in [1.54, 1.807) is 0 Å². The predicted molar refractivity (Wildman–Crippen MR) is 84.6 cm³/mol. The number of rotatable bonds is 6. The number of hydrogen-bond acceptors (Lipinski definition) is 3. The van der Waals surface area contributed by atoms with Crippen molar-refractivity contribution in [1.29, 1.82) is 0 Å². The normalized spacial score (nSPS) is 33.2. The Morgan fingerprint density at radius 2 is 2.05 bits per heavy atom. The molecule has 1 spiro atoms. The number of ether oxygens (including phenoxy) is 1. The van der Waals surface area contributed by atoms with Crippen LogP contribution in [0.15, 0.2) is 0 Å². The maximum absolute atomic E-state index is 6.65. The van der Waals surface area contributed by atoms with Gasteiger partial charge >= 0.3 is 0 Å². The molecule has 0 radical (unpaired) electrons. The summed E-state index contributed by atoms with van der Waals surface area (Å²) >= 11 is 2.06. The lowest BCUT2D eigenvalue weighted by Crippen LogP contribution is -2.47. The van der Waals surface area contributed by atoms with E-state index < -0.39 is 0 Å². The van der Waals surface area contributed by atoms with Crippen molar-refractivity contribution < 1.29 is 4.74 Å². The van der Waals surface area contributed by atoms with E-state index >= 15 is 0 Å². The molecular weight excluding hydrogens is 254 g/mol. The van der Waals surface area contributed by atoms with Gasteiger partial charge in [0, 0.05) is 18.4 Å². The van der Waals surface area contributed by atoms with E-state index in [0.717, 1.165) is 12.5 Å². The SMILES string of the molecule is CCCC(CCC)C(N)C1CCOC2(CCSC2)C1. The van der Waals surface area contributed by atoms with Gasteiger partial charge < -0.3 is 10.5 Å². The van der Waals surface area contributed by atoms with Gasteiger partial charge in [-0.2, -0.15) is 11.8 Å². The molecule has 2 rings (SSSR count). The Morgan fingerprint density at radius 1 is 1.32 bits per heavy atom. The Morgan fingerprint density at radius 3 is 2.63 bits per heavy atom. The average molecular weight is 285 g/mol. The van der Waals surface area contributed by atoms with Crippen molar-refractivity contribution >= 4 is 11.8 Å². The molecule has 3 atom stereocenters. The molecule has 2 aliphatic rings. The molecule has 0 aromatic carbocycles. The van der Waals surface area contributed by atoms with Gasteiger partial charge in [-0.15, -0.1) is 0 Å². The standard InChI is InChI=1S/C16H31NOS/c1-3-5-13(6-4-2)15(17)14-7-9-18-16(11-14)8-10-19-12-16/h13-15H,3-12,17H2,1-2H3. The van der Waals surface area contributed by atoms with Crippen molar-refractivity contribution in [2.45, 2.75) is 70.4 Å². The third-order valence-electron chi connectivity index (χ3n) is 5.01. The average Bonchev–Trinajstić information content (AvgIpc) is 2.86. The highest BCUT2D eigenvalue weighted by atomic mass is 32.2. The minimum atomic E-state index is 0.189. The summed E-state index contributed by atoms with van der Waals surface area (Å²) < 4.78 is 6.13. The van der Waals surface area contributed by atoms with E-state index in [9.17, 15) is 0 Å². The van der Waals surface area contributed by atoms with Gasteiger partial charge in [0.1, 0.15) is 0 Å². The fraction of sp³-hybridized carbons (Fsp3) is 1.00. The van der Waals surface area contributed by atoms with E-state index in [0.29, 0.717) is 12.0 Å². The summed E-state index contributed by atoms with van der Waals surface area (Å²) in [6.07, 6.45) is 8.77. The molecule has 0 saturated carbocycles. The van der Waals surface area contributed by atoms with Gasteiger partial charge in [-0.1, -0.05) is 26.7 Å². The highest BCUT2D eigenvalue weighted by Crippen LogP contribution is 2.42. The molecule has 19 heavy (non-hydrogen) atoms. The summed E-state index contributed by atoms with van der Waals surface area (Å²) in [6, 6.07) is 0.395. The molecule has 112 valence electrons. The Bertz CT molecular complexity index is 259. The first-order valence-corrected chi connectivity index (χ1v) is 9.33. The second-order valence-corrected chi connectivity index (χ2v) is 7.61. The van der Waals surface area contributed by atoms with Gasteiger partial charge in [0.25, 0.3) is 0 Å². The van der Waals surface area contributed by atoms with Crippen LogP contribution in [0.25, 0.3) is 0 Å². The fourth-order valence-electron chi connectivity index (χ4n) is 3.91. The molecular formula is C16H31NOS. The summed E-state index contributed by atoms with van der Waals surface area (Å²) in [7, 11) is 0. The van der Waals surface area contributed by atoms with Gasteiger partial charge in [-0.05, 0) is 49.7 Å². The number of hydrogen-bond donors (Lipinski definition) is 1. The van der Waals surface area contributed by atoms with Crippen molar-refractivity contribution in [3.63, 3.8) is 0 Å². The minimum absolute atomic E-state index is 0.189. The quantitative estimate of drug-likeness (QED) is 0.805. The summed E-state index contributed by atoms with van der Waals surface area (Å²) in [6.45, 7) is 5.51. The molecule has 2 fully saturated rings. The van der Waals surface area contributed by atoms with E-state index in [1.807, 2.05) is 0 Å². The maximum Gasteiger partial charge on any atom is 0.0783 e. The molecule has 0 aliphatic carbocycles. The first kappa shape index (κ1) is 15.7. The Hall–Kier alpha value is 0.270. The summed E-state index contributed by atoms with van der Waals surface area (Å²) in [4.78, 5) is 0. The van der Waals surface area contributed by atoms with Crippen LogP contribution in [0.2, 0.25) is 0 Å². The van der Waals surface area contributed by atoms with Crippen LogP contribution < -0.4 is 5.73 Å². The van der Waals surface area contributed by atoms with Crippen molar-refractivity contribution in [2.24, 2.45) is 17.6 Å². The fourth-order valence-corrected chi connectivity index (χ4v) is 5.29. The second kappa shape index (κ2) is 7.33. The van der Waals surface area contributed by atoms with E-state index in [2.05, 4.69) is 25.6 Å². The molecule has 2 nitrogen and oxygen atoms in total. The third-order valence-corrected chi connectivity index (χ3v) is 6.23. The van der Waals surface area contributed by atoms with Crippen LogP contribution in [-0.2, 0) is 4.74 Å². The molecule has 0 aromatic heterocycles. The molecule has 3 heteroatoms. The van der Waals surface area contributed by atoms with Crippen LogP contribution in [0.4, 0.5) is 0 Å². The van der Waals surface area contributed by atoms with Crippen LogP contribution in [0.3, 0.4) is 0 Å². The zero-order valence-electron chi connectivity index (χ0n) is 12.7. The second-order valence-electron chi connectivity index (χ2n) is 6.50. The minimum Gasteiger partial charge on any atom is -0.374 e. The summed E-state index contributed by atoms with van der Waals surface area (Å²) in [5, 5.41) is 0. The predicted octanol–water partition coefficient (Wildman–Crippen LogP) is 3.83. The van der Waals surface area contributed by atoms with Crippen molar-refractivity contribution in [2.75, 3.05) is 18.1 Å².